The molecular weight excluding hydrogens is 681 g/mol. The van der Waals surface area contributed by atoms with Crippen LogP contribution in [-0.2, 0) is 21.1 Å². The van der Waals surface area contributed by atoms with Crippen molar-refractivity contribution in [3.8, 4) is 22.3 Å². The molecule has 0 atom stereocenters. The Morgan fingerprint density at radius 1 is 0.364 bits per heavy atom. The van der Waals surface area contributed by atoms with Gasteiger partial charge in [0.2, 0.25) is 0 Å². The van der Waals surface area contributed by atoms with Gasteiger partial charge in [-0.15, -0.1) is 0 Å². The maximum absolute atomic E-state index is 5.03. The summed E-state index contributed by atoms with van der Waals surface area (Å²) in [6, 6.07) is 49.0. The van der Waals surface area contributed by atoms with Gasteiger partial charge in [0.1, 0.15) is 33.1 Å². The average molecular weight is 713 g/mol. The first kappa shape index (κ1) is 31.1. The van der Waals surface area contributed by atoms with E-state index in [0.717, 1.165) is 77.8 Å². The highest BCUT2D eigenvalue weighted by molar-refractivity contribution is 6.13. The van der Waals surface area contributed by atoms with Gasteiger partial charge in [0, 0.05) is 32.3 Å². The van der Waals surface area contributed by atoms with Crippen molar-refractivity contribution in [3.05, 3.63) is 140 Å². The van der Waals surface area contributed by atoms with Crippen LogP contribution in [0.1, 0.15) is 0 Å². The lowest BCUT2D eigenvalue weighted by molar-refractivity contribution is 0.665. The molecule has 3 aromatic heterocycles. The van der Waals surface area contributed by atoms with E-state index >= 15 is 0 Å². The molecule has 11 aromatic rings. The number of anilines is 3. The van der Waals surface area contributed by atoms with E-state index < -0.39 is 0 Å². The summed E-state index contributed by atoms with van der Waals surface area (Å²) in [6.45, 7) is 0. The lowest BCUT2D eigenvalue weighted by Gasteiger charge is -2.26. The van der Waals surface area contributed by atoms with Gasteiger partial charge in [-0.05, 0) is 85.9 Å². The molecular formula is C45H32N10. The third-order valence-electron chi connectivity index (χ3n) is 10.6. The van der Waals surface area contributed by atoms with E-state index in [1.807, 2.05) is 33.3 Å². The lowest BCUT2D eigenvalue weighted by Crippen LogP contribution is -2.12. The molecule has 0 saturated carbocycles. The fourth-order valence-electron chi connectivity index (χ4n) is 8.20. The molecule has 262 valence electrons. The first-order chi connectivity index (χ1) is 27.0. The molecule has 0 aliphatic carbocycles. The Morgan fingerprint density at radius 3 is 1.65 bits per heavy atom. The van der Waals surface area contributed by atoms with Gasteiger partial charge >= 0.3 is 0 Å². The minimum atomic E-state index is 0.745. The summed E-state index contributed by atoms with van der Waals surface area (Å²) < 4.78 is 0. The van der Waals surface area contributed by atoms with Crippen molar-refractivity contribution >= 4 is 82.5 Å². The molecule has 10 nitrogen and oxygen atoms in total. The van der Waals surface area contributed by atoms with Crippen molar-refractivity contribution < 1.29 is 0 Å². The molecule has 0 fully saturated rings. The highest BCUT2D eigenvalue weighted by atomic mass is 15.5. The maximum atomic E-state index is 5.03. The van der Waals surface area contributed by atoms with E-state index in [2.05, 4.69) is 137 Å². The van der Waals surface area contributed by atoms with Crippen molar-refractivity contribution in [1.29, 1.82) is 0 Å². The highest BCUT2D eigenvalue weighted by Gasteiger charge is 2.27. The fourth-order valence-corrected chi connectivity index (χ4v) is 8.20. The van der Waals surface area contributed by atoms with Crippen LogP contribution in [0.5, 0.6) is 0 Å². The van der Waals surface area contributed by atoms with Crippen LogP contribution in [0, 0.1) is 0 Å². The fraction of sp³-hybridized carbons (Fsp3) is 0.0667. The quantitative estimate of drug-likeness (QED) is 0.164. The summed E-state index contributed by atoms with van der Waals surface area (Å²) in [5.74, 6) is 0. The second-order valence-corrected chi connectivity index (χ2v) is 14.0. The van der Waals surface area contributed by atoms with Crippen LogP contribution in [0.2, 0.25) is 0 Å². The van der Waals surface area contributed by atoms with Gasteiger partial charge in [0.25, 0.3) is 0 Å². The topological polar surface area (TPSA) is 95.4 Å². The minimum Gasteiger partial charge on any atom is -0.304 e. The SMILES string of the molecule is Cn1nc2cccc(N(c3ccc(-c4ccc5ccc6ccccc6c5c4)c4nn(C)nc34)c3ccc(-c4cccc5ccccc45)c4nn(C)nc34)c2n1. The molecule has 0 aliphatic heterocycles. The molecule has 0 amide bonds. The summed E-state index contributed by atoms with van der Waals surface area (Å²) in [5, 5.41) is 36.7. The number of benzene rings is 8. The van der Waals surface area contributed by atoms with Crippen LogP contribution >= 0.6 is 0 Å². The average Bonchev–Trinajstić information content (AvgIpc) is 3.92. The summed E-state index contributed by atoms with van der Waals surface area (Å²) in [5.41, 5.74) is 11.3. The molecule has 8 aromatic carbocycles. The predicted octanol–water partition coefficient (Wildman–Crippen LogP) is 9.80. The summed E-state index contributed by atoms with van der Waals surface area (Å²) >= 11 is 0. The van der Waals surface area contributed by atoms with Crippen molar-refractivity contribution in [2.24, 2.45) is 21.1 Å². The number of aromatic nitrogens is 9. The molecule has 11 rings (SSSR count). The van der Waals surface area contributed by atoms with Gasteiger partial charge in [-0.25, -0.2) is 0 Å². The molecule has 10 heteroatoms. The third-order valence-corrected chi connectivity index (χ3v) is 10.6. The van der Waals surface area contributed by atoms with E-state index in [9.17, 15) is 0 Å². The molecule has 3 heterocycles. The number of aryl methyl sites for hydroxylation is 3. The van der Waals surface area contributed by atoms with Gasteiger partial charge in [0.05, 0.1) is 17.1 Å². The first-order valence-electron chi connectivity index (χ1n) is 18.2. The molecule has 55 heavy (non-hydrogen) atoms. The molecule has 0 spiro atoms. The van der Waals surface area contributed by atoms with Gasteiger partial charge in [-0.3, -0.25) is 0 Å². The van der Waals surface area contributed by atoms with Crippen LogP contribution in [0.15, 0.2) is 140 Å². The normalized spacial score (nSPS) is 11.9. The van der Waals surface area contributed by atoms with Crippen LogP contribution in [0.4, 0.5) is 17.1 Å². The largest absolute Gasteiger partial charge is 0.304 e. The predicted molar refractivity (Wildman–Crippen MR) is 221 cm³/mol. The highest BCUT2D eigenvalue weighted by Crippen LogP contribution is 2.46. The standard InChI is InChI=1S/C45H32N10/c1-52-46-37-16-9-17-38(43(37)49-52)55(40-25-23-35(42-45(40)51-54(3)48-42)34-15-8-12-27-10-4-6-13-31(27)34)39-24-22-33(41-44(39)50-53(2)47-41)30-21-20-29-19-18-28-11-5-7-14-32(28)36(29)26-30/h4-26H,1-3H3. The van der Waals surface area contributed by atoms with Crippen LogP contribution in [0.3, 0.4) is 0 Å². The smallest absolute Gasteiger partial charge is 0.137 e. The molecule has 0 saturated heterocycles. The van der Waals surface area contributed by atoms with Gasteiger partial charge < -0.3 is 4.90 Å². The minimum absolute atomic E-state index is 0.745. The van der Waals surface area contributed by atoms with E-state index in [-0.39, 0.29) is 0 Å². The molecule has 0 N–H and O–H groups in total. The van der Waals surface area contributed by atoms with Crippen molar-refractivity contribution in [2.75, 3.05) is 4.90 Å². The van der Waals surface area contributed by atoms with Crippen LogP contribution in [-0.4, -0.2) is 45.0 Å². The Labute approximate surface area is 314 Å². The maximum Gasteiger partial charge on any atom is 0.137 e. The van der Waals surface area contributed by atoms with E-state index in [1.54, 1.807) is 14.4 Å². The van der Waals surface area contributed by atoms with Gasteiger partial charge in [0.15, 0.2) is 0 Å². The molecule has 0 radical (unpaired) electrons. The van der Waals surface area contributed by atoms with E-state index in [0.29, 0.717) is 0 Å². The summed E-state index contributed by atoms with van der Waals surface area (Å²) in [4.78, 5) is 7.10. The zero-order chi connectivity index (χ0) is 36.8. The van der Waals surface area contributed by atoms with Gasteiger partial charge in [-0.1, -0.05) is 97.1 Å². The van der Waals surface area contributed by atoms with Crippen molar-refractivity contribution in [1.82, 2.24) is 45.0 Å². The van der Waals surface area contributed by atoms with E-state index in [4.69, 9.17) is 25.5 Å². The summed E-state index contributed by atoms with van der Waals surface area (Å²) in [7, 11) is 5.58. The Balaban J connectivity index is 1.17. The Morgan fingerprint density at radius 2 is 0.891 bits per heavy atom. The van der Waals surface area contributed by atoms with Crippen LogP contribution < -0.4 is 4.90 Å². The lowest BCUT2D eigenvalue weighted by atomic mass is 9.95. The second kappa shape index (κ2) is 11.8. The van der Waals surface area contributed by atoms with Crippen LogP contribution in [0.25, 0.3) is 87.7 Å². The number of hydrogen-bond acceptors (Lipinski definition) is 7. The Bertz CT molecular complexity index is 3330. The second-order valence-electron chi connectivity index (χ2n) is 14.0. The zero-order valence-electron chi connectivity index (χ0n) is 30.3. The van der Waals surface area contributed by atoms with Crippen molar-refractivity contribution in [2.45, 2.75) is 0 Å². The Kier molecular flexibility index (Phi) is 6.66. The summed E-state index contributed by atoms with van der Waals surface area (Å²) in [6.07, 6.45) is 0. The number of rotatable bonds is 5. The molecule has 0 bridgehead atoms. The Hall–Kier alpha value is -7.46. The third kappa shape index (κ3) is 4.81. The zero-order valence-corrected chi connectivity index (χ0v) is 30.3. The molecule has 0 aliphatic rings. The van der Waals surface area contributed by atoms with Gasteiger partial charge in [-0.2, -0.15) is 45.0 Å². The number of fused-ring (bicyclic) bond motifs is 7. The first-order valence-corrected chi connectivity index (χ1v) is 18.2. The monoisotopic (exact) mass is 712 g/mol. The van der Waals surface area contributed by atoms with Crippen molar-refractivity contribution in [3.63, 3.8) is 0 Å². The molecule has 0 unspecified atom stereocenters. The number of nitrogens with zero attached hydrogens (tertiary/aromatic N) is 10. The van der Waals surface area contributed by atoms with E-state index in [1.165, 1.54) is 26.9 Å². The number of hydrogen-bond donors (Lipinski definition) is 0.